The van der Waals surface area contributed by atoms with Gasteiger partial charge in [-0.15, -0.1) is 0 Å². The van der Waals surface area contributed by atoms with Gasteiger partial charge in [-0.3, -0.25) is 9.36 Å². The maximum atomic E-state index is 12.0. The van der Waals surface area contributed by atoms with Crippen molar-refractivity contribution in [2.45, 2.75) is 31.0 Å². The minimum absolute atomic E-state index is 0.00661. The summed E-state index contributed by atoms with van der Waals surface area (Å²) in [5, 5.41) is 4.41. The first-order valence-corrected chi connectivity index (χ1v) is 9.31. The van der Waals surface area contributed by atoms with Crippen LogP contribution < -0.4 is 5.32 Å². The molecule has 128 valence electrons. The Morgan fingerprint density at radius 3 is 3.21 bits per heavy atom. The Morgan fingerprint density at radius 1 is 1.54 bits per heavy atom. The van der Waals surface area contributed by atoms with E-state index in [2.05, 4.69) is 10.3 Å². The second-order valence-electron chi connectivity index (χ2n) is 5.69. The number of rotatable bonds is 6. The average molecular weight is 366 g/mol. The van der Waals surface area contributed by atoms with Crippen LogP contribution in [-0.2, 0) is 9.53 Å². The molecule has 7 heteroatoms. The van der Waals surface area contributed by atoms with Crippen LogP contribution >= 0.6 is 23.4 Å². The van der Waals surface area contributed by atoms with Crippen molar-refractivity contribution in [3.05, 3.63) is 41.2 Å². The molecule has 0 unspecified atom stereocenters. The number of benzene rings is 1. The summed E-state index contributed by atoms with van der Waals surface area (Å²) in [4.78, 5) is 16.4. The molecule has 1 aliphatic heterocycles. The lowest BCUT2D eigenvalue weighted by atomic mass is 10.2. The molecule has 0 saturated carbocycles. The molecule has 1 atom stereocenters. The monoisotopic (exact) mass is 365 g/mol. The number of hydrogen-bond acceptors (Lipinski definition) is 4. The van der Waals surface area contributed by atoms with E-state index in [4.69, 9.17) is 16.3 Å². The molecule has 0 bridgehead atoms. The predicted molar refractivity (Wildman–Crippen MR) is 96.0 cm³/mol. The number of ether oxygens (including phenoxy) is 1. The quantitative estimate of drug-likeness (QED) is 0.798. The van der Waals surface area contributed by atoms with E-state index in [1.165, 1.54) is 11.8 Å². The topological polar surface area (TPSA) is 56.2 Å². The van der Waals surface area contributed by atoms with Gasteiger partial charge in [0.05, 0.1) is 17.5 Å². The van der Waals surface area contributed by atoms with E-state index in [1.807, 2.05) is 35.9 Å². The van der Waals surface area contributed by atoms with Crippen LogP contribution in [-0.4, -0.2) is 40.5 Å². The van der Waals surface area contributed by atoms with Crippen LogP contribution in [0.2, 0.25) is 5.02 Å². The molecule has 0 aliphatic carbocycles. The average Bonchev–Trinajstić information content (AvgIpc) is 3.25. The highest BCUT2D eigenvalue weighted by Crippen LogP contribution is 2.26. The summed E-state index contributed by atoms with van der Waals surface area (Å²) in [7, 11) is 0. The number of amides is 1. The molecule has 1 saturated heterocycles. The standard InChI is InChI=1S/C17H20ClN3O2S/c1-12-14(18)5-2-6-15(12)21-8-7-19-17(21)24-11-16(22)20-10-13-4-3-9-23-13/h2,5-8,13H,3-4,9-11H2,1H3,(H,20,22)/t13-/m1/s1. The van der Waals surface area contributed by atoms with Crippen LogP contribution in [0.25, 0.3) is 5.69 Å². The number of hydrogen-bond donors (Lipinski definition) is 1. The van der Waals surface area contributed by atoms with Gasteiger partial charge in [0.2, 0.25) is 5.91 Å². The largest absolute Gasteiger partial charge is 0.376 e. The van der Waals surface area contributed by atoms with E-state index >= 15 is 0 Å². The van der Waals surface area contributed by atoms with Gasteiger partial charge in [-0.25, -0.2) is 4.98 Å². The summed E-state index contributed by atoms with van der Waals surface area (Å²) in [6.45, 7) is 3.35. The highest BCUT2D eigenvalue weighted by atomic mass is 35.5. The number of thioether (sulfide) groups is 1. The molecule has 5 nitrogen and oxygen atoms in total. The Hall–Kier alpha value is -1.50. The van der Waals surface area contributed by atoms with Gasteiger partial charge in [-0.2, -0.15) is 0 Å². The van der Waals surface area contributed by atoms with E-state index < -0.39 is 0 Å². The van der Waals surface area contributed by atoms with Crippen LogP contribution in [0, 0.1) is 6.92 Å². The molecule has 2 heterocycles. The van der Waals surface area contributed by atoms with Crippen LogP contribution in [0.4, 0.5) is 0 Å². The number of halogens is 1. The smallest absolute Gasteiger partial charge is 0.230 e. The molecule has 1 amide bonds. The van der Waals surface area contributed by atoms with Crippen LogP contribution in [0.1, 0.15) is 18.4 Å². The molecular formula is C17H20ClN3O2S. The van der Waals surface area contributed by atoms with E-state index in [1.54, 1.807) is 6.20 Å². The lowest BCUT2D eigenvalue weighted by Gasteiger charge is -2.12. The van der Waals surface area contributed by atoms with Crippen molar-refractivity contribution in [1.82, 2.24) is 14.9 Å². The van der Waals surface area contributed by atoms with Gasteiger partial charge >= 0.3 is 0 Å². The van der Waals surface area contributed by atoms with Crippen molar-refractivity contribution in [3.8, 4) is 5.69 Å². The van der Waals surface area contributed by atoms with Crippen molar-refractivity contribution >= 4 is 29.3 Å². The fourth-order valence-electron chi connectivity index (χ4n) is 2.65. The van der Waals surface area contributed by atoms with E-state index in [0.717, 1.165) is 35.9 Å². The third kappa shape index (κ3) is 4.12. The van der Waals surface area contributed by atoms with E-state index in [-0.39, 0.29) is 12.0 Å². The van der Waals surface area contributed by atoms with Gasteiger partial charge in [0.1, 0.15) is 0 Å². The van der Waals surface area contributed by atoms with Gasteiger partial charge in [0, 0.05) is 30.6 Å². The molecule has 2 aromatic rings. The van der Waals surface area contributed by atoms with Crippen molar-refractivity contribution in [1.29, 1.82) is 0 Å². The maximum absolute atomic E-state index is 12.0. The number of carbonyl (C=O) groups excluding carboxylic acids is 1. The Balaban J connectivity index is 1.59. The number of imidazole rings is 1. The molecular weight excluding hydrogens is 346 g/mol. The highest BCUT2D eigenvalue weighted by molar-refractivity contribution is 7.99. The fourth-order valence-corrected chi connectivity index (χ4v) is 3.62. The van der Waals surface area contributed by atoms with Gasteiger partial charge in [0.15, 0.2) is 5.16 Å². The number of nitrogens with zero attached hydrogens (tertiary/aromatic N) is 2. The van der Waals surface area contributed by atoms with Gasteiger partial charge in [-0.05, 0) is 37.5 Å². The summed E-state index contributed by atoms with van der Waals surface area (Å²) >= 11 is 7.61. The molecule has 1 N–H and O–H groups in total. The summed E-state index contributed by atoms with van der Waals surface area (Å²) in [6, 6.07) is 5.76. The normalized spacial score (nSPS) is 17.2. The Bertz CT molecular complexity index is 714. The second-order valence-corrected chi connectivity index (χ2v) is 7.04. The number of nitrogens with one attached hydrogen (secondary N) is 1. The second kappa shape index (κ2) is 8.05. The Morgan fingerprint density at radius 2 is 2.42 bits per heavy atom. The highest BCUT2D eigenvalue weighted by Gasteiger charge is 2.17. The third-order valence-corrected chi connectivity index (χ3v) is 5.36. The number of carbonyl (C=O) groups is 1. The lowest BCUT2D eigenvalue weighted by Crippen LogP contribution is -2.32. The molecule has 1 aliphatic rings. The molecule has 1 fully saturated rings. The van der Waals surface area contributed by atoms with Crippen molar-refractivity contribution in [2.24, 2.45) is 0 Å². The number of aromatic nitrogens is 2. The predicted octanol–water partition coefficient (Wildman–Crippen LogP) is 3.22. The van der Waals surface area contributed by atoms with Gasteiger partial charge in [-0.1, -0.05) is 29.4 Å². The summed E-state index contributed by atoms with van der Waals surface area (Å²) < 4.78 is 7.46. The molecule has 24 heavy (non-hydrogen) atoms. The molecule has 0 radical (unpaired) electrons. The lowest BCUT2D eigenvalue weighted by molar-refractivity contribution is -0.119. The van der Waals surface area contributed by atoms with Gasteiger partial charge in [0.25, 0.3) is 0 Å². The minimum Gasteiger partial charge on any atom is -0.376 e. The molecule has 0 spiro atoms. The Kier molecular flexibility index (Phi) is 5.81. The van der Waals surface area contributed by atoms with Crippen molar-refractivity contribution in [2.75, 3.05) is 18.9 Å². The van der Waals surface area contributed by atoms with Crippen molar-refractivity contribution in [3.63, 3.8) is 0 Å². The van der Waals surface area contributed by atoms with Crippen molar-refractivity contribution < 1.29 is 9.53 Å². The first kappa shape index (κ1) is 17.3. The minimum atomic E-state index is -0.00661. The molecule has 1 aromatic carbocycles. The maximum Gasteiger partial charge on any atom is 0.230 e. The summed E-state index contributed by atoms with van der Waals surface area (Å²) in [5.41, 5.74) is 1.96. The zero-order chi connectivity index (χ0) is 16.9. The van der Waals surface area contributed by atoms with E-state index in [0.29, 0.717) is 17.3 Å². The first-order valence-electron chi connectivity index (χ1n) is 7.95. The van der Waals surface area contributed by atoms with Crippen LogP contribution in [0.5, 0.6) is 0 Å². The SMILES string of the molecule is Cc1c(Cl)cccc1-n1ccnc1SCC(=O)NC[C@H]1CCCO1. The fraction of sp³-hybridized carbons (Fsp3) is 0.412. The van der Waals surface area contributed by atoms with Crippen LogP contribution in [0.15, 0.2) is 35.7 Å². The molecule has 1 aromatic heterocycles. The zero-order valence-corrected chi connectivity index (χ0v) is 15.1. The third-order valence-electron chi connectivity index (χ3n) is 3.99. The Labute approximate surface area is 150 Å². The van der Waals surface area contributed by atoms with Crippen LogP contribution in [0.3, 0.4) is 0 Å². The summed E-state index contributed by atoms with van der Waals surface area (Å²) in [5.74, 6) is 0.316. The zero-order valence-electron chi connectivity index (χ0n) is 13.5. The van der Waals surface area contributed by atoms with E-state index in [9.17, 15) is 4.79 Å². The first-order chi connectivity index (χ1) is 11.6. The summed E-state index contributed by atoms with van der Waals surface area (Å²) in [6.07, 6.45) is 5.87. The molecule has 3 rings (SSSR count). The van der Waals surface area contributed by atoms with Gasteiger partial charge < -0.3 is 10.1 Å².